The molecule has 2 aromatic carbocycles. The van der Waals surface area contributed by atoms with Crippen molar-refractivity contribution < 1.29 is 4.79 Å². The number of carbonyl (C=O) groups is 1. The van der Waals surface area contributed by atoms with Crippen LogP contribution in [0.3, 0.4) is 0 Å². The summed E-state index contributed by atoms with van der Waals surface area (Å²) in [4.78, 5) is 17.1. The van der Waals surface area contributed by atoms with Gasteiger partial charge in [0.25, 0.3) is 0 Å². The van der Waals surface area contributed by atoms with Crippen LogP contribution in [0.15, 0.2) is 54.6 Å². The van der Waals surface area contributed by atoms with Gasteiger partial charge in [-0.3, -0.25) is 4.79 Å². The van der Waals surface area contributed by atoms with E-state index in [2.05, 4.69) is 24.5 Å². The Morgan fingerprint density at radius 1 is 1.12 bits per heavy atom. The number of aromatic nitrogens is 2. The lowest BCUT2D eigenvalue weighted by Crippen LogP contribution is -2.04. The number of carbonyl (C=O) groups excluding carboxylic acids is 1. The zero-order valence-corrected chi connectivity index (χ0v) is 15.1. The van der Waals surface area contributed by atoms with E-state index in [0.717, 1.165) is 35.4 Å². The molecular formula is C22H24N2O. The number of fused-ring (bicyclic) bond motifs is 1. The molecule has 128 valence electrons. The van der Waals surface area contributed by atoms with E-state index in [0.29, 0.717) is 11.5 Å². The number of para-hydroxylation sites is 2. The number of imidazole rings is 1. The predicted molar refractivity (Wildman–Crippen MR) is 104 cm³/mol. The van der Waals surface area contributed by atoms with Gasteiger partial charge in [-0.2, -0.15) is 0 Å². The van der Waals surface area contributed by atoms with Crippen molar-refractivity contribution in [2.75, 3.05) is 0 Å². The minimum absolute atomic E-state index is 0.00228. The highest BCUT2D eigenvalue weighted by Crippen LogP contribution is 2.19. The van der Waals surface area contributed by atoms with E-state index in [1.165, 1.54) is 0 Å². The first-order chi connectivity index (χ1) is 12.0. The van der Waals surface area contributed by atoms with Crippen molar-refractivity contribution in [1.29, 1.82) is 0 Å². The standard InChI is InChI=1S/C22H24N2O/c1-16(2)14-15-24-20-7-5-4-6-19(20)23-22(24)13-12-21(25)18-10-8-17(3)9-11-18/h4-13,16H,14-15H2,1-3H3/b13-12+. The van der Waals surface area contributed by atoms with Crippen molar-refractivity contribution in [1.82, 2.24) is 9.55 Å². The van der Waals surface area contributed by atoms with Gasteiger partial charge in [-0.25, -0.2) is 4.98 Å². The van der Waals surface area contributed by atoms with Crippen molar-refractivity contribution in [2.45, 2.75) is 33.7 Å². The van der Waals surface area contributed by atoms with Crippen LogP contribution in [-0.4, -0.2) is 15.3 Å². The second kappa shape index (κ2) is 7.47. The topological polar surface area (TPSA) is 34.9 Å². The average molecular weight is 332 g/mol. The van der Waals surface area contributed by atoms with E-state index in [4.69, 9.17) is 4.98 Å². The minimum Gasteiger partial charge on any atom is -0.324 e. The van der Waals surface area contributed by atoms with Gasteiger partial charge in [0.05, 0.1) is 11.0 Å². The van der Waals surface area contributed by atoms with Crippen LogP contribution in [0.5, 0.6) is 0 Å². The lowest BCUT2D eigenvalue weighted by atomic mass is 10.1. The maximum atomic E-state index is 12.4. The summed E-state index contributed by atoms with van der Waals surface area (Å²) in [7, 11) is 0. The molecule has 0 saturated heterocycles. The lowest BCUT2D eigenvalue weighted by molar-refractivity contribution is 0.104. The second-order valence-corrected chi connectivity index (χ2v) is 6.86. The highest BCUT2D eigenvalue weighted by Gasteiger charge is 2.09. The zero-order chi connectivity index (χ0) is 17.8. The monoisotopic (exact) mass is 332 g/mol. The molecule has 0 aliphatic heterocycles. The Hall–Kier alpha value is -2.68. The molecule has 0 aliphatic carbocycles. The van der Waals surface area contributed by atoms with Crippen LogP contribution >= 0.6 is 0 Å². The number of hydrogen-bond donors (Lipinski definition) is 0. The van der Waals surface area contributed by atoms with Gasteiger partial charge in [-0.1, -0.05) is 55.8 Å². The van der Waals surface area contributed by atoms with Gasteiger partial charge in [-0.15, -0.1) is 0 Å². The molecule has 0 fully saturated rings. The molecule has 3 rings (SSSR count). The Kier molecular flexibility index (Phi) is 5.13. The van der Waals surface area contributed by atoms with Gasteiger partial charge in [-0.05, 0) is 43.5 Å². The molecule has 25 heavy (non-hydrogen) atoms. The van der Waals surface area contributed by atoms with Crippen LogP contribution in [0.25, 0.3) is 17.1 Å². The lowest BCUT2D eigenvalue weighted by Gasteiger charge is -2.09. The number of ketones is 1. The van der Waals surface area contributed by atoms with Crippen LogP contribution in [0.2, 0.25) is 0 Å². The molecule has 0 aliphatic rings. The summed E-state index contributed by atoms with van der Waals surface area (Å²) in [6, 6.07) is 15.8. The third kappa shape index (κ3) is 4.05. The summed E-state index contributed by atoms with van der Waals surface area (Å²) in [6.07, 6.45) is 4.54. The third-order valence-electron chi connectivity index (χ3n) is 4.33. The molecule has 0 unspecified atom stereocenters. The average Bonchev–Trinajstić information content (AvgIpc) is 2.96. The molecule has 3 heteroatoms. The fraction of sp³-hybridized carbons (Fsp3) is 0.273. The zero-order valence-electron chi connectivity index (χ0n) is 15.1. The normalized spacial score (nSPS) is 11.7. The molecule has 0 spiro atoms. The molecule has 0 N–H and O–H groups in total. The van der Waals surface area contributed by atoms with Gasteiger partial charge in [0.1, 0.15) is 5.82 Å². The largest absolute Gasteiger partial charge is 0.324 e. The SMILES string of the molecule is Cc1ccc(C(=O)/C=C/c2nc3ccccc3n2CCC(C)C)cc1. The van der Waals surface area contributed by atoms with Gasteiger partial charge in [0, 0.05) is 12.1 Å². The first-order valence-electron chi connectivity index (χ1n) is 8.79. The number of aryl methyl sites for hydroxylation is 2. The maximum absolute atomic E-state index is 12.4. The Morgan fingerprint density at radius 2 is 1.84 bits per heavy atom. The number of hydrogen-bond acceptors (Lipinski definition) is 2. The van der Waals surface area contributed by atoms with Crippen LogP contribution in [0.4, 0.5) is 0 Å². The quantitative estimate of drug-likeness (QED) is 0.454. The second-order valence-electron chi connectivity index (χ2n) is 6.86. The predicted octanol–water partition coefficient (Wildman–Crippen LogP) is 5.29. The molecular weight excluding hydrogens is 308 g/mol. The first-order valence-corrected chi connectivity index (χ1v) is 8.79. The Balaban J connectivity index is 1.90. The number of allylic oxidation sites excluding steroid dienone is 1. The molecule has 0 amide bonds. The number of benzene rings is 2. The van der Waals surface area contributed by atoms with E-state index in [9.17, 15) is 4.79 Å². The van der Waals surface area contributed by atoms with E-state index >= 15 is 0 Å². The molecule has 1 heterocycles. The molecule has 0 radical (unpaired) electrons. The minimum atomic E-state index is 0.00228. The Labute approximate surface area is 149 Å². The van der Waals surface area contributed by atoms with Crippen molar-refractivity contribution >= 4 is 22.9 Å². The Morgan fingerprint density at radius 3 is 2.56 bits per heavy atom. The summed E-state index contributed by atoms with van der Waals surface area (Å²) in [5.74, 6) is 1.46. The molecule has 0 bridgehead atoms. The van der Waals surface area contributed by atoms with Crippen molar-refractivity contribution in [3.63, 3.8) is 0 Å². The molecule has 3 aromatic rings. The highest BCUT2D eigenvalue weighted by atomic mass is 16.1. The van der Waals surface area contributed by atoms with Crippen molar-refractivity contribution in [2.24, 2.45) is 5.92 Å². The van der Waals surface area contributed by atoms with Gasteiger partial charge < -0.3 is 4.57 Å². The van der Waals surface area contributed by atoms with Gasteiger partial charge in [0.15, 0.2) is 5.78 Å². The maximum Gasteiger partial charge on any atom is 0.185 e. The van der Waals surface area contributed by atoms with Crippen LogP contribution in [-0.2, 0) is 6.54 Å². The van der Waals surface area contributed by atoms with E-state index in [1.807, 2.05) is 55.5 Å². The number of rotatable bonds is 6. The summed E-state index contributed by atoms with van der Waals surface area (Å²) >= 11 is 0. The van der Waals surface area contributed by atoms with Crippen LogP contribution in [0, 0.1) is 12.8 Å². The molecule has 3 nitrogen and oxygen atoms in total. The van der Waals surface area contributed by atoms with E-state index in [-0.39, 0.29) is 5.78 Å². The summed E-state index contributed by atoms with van der Waals surface area (Å²) in [6.45, 7) is 7.35. The van der Waals surface area contributed by atoms with Crippen LogP contribution in [0.1, 0.15) is 42.0 Å². The third-order valence-corrected chi connectivity index (χ3v) is 4.33. The van der Waals surface area contributed by atoms with Crippen molar-refractivity contribution in [3.8, 4) is 0 Å². The number of nitrogens with zero attached hydrogens (tertiary/aromatic N) is 2. The highest BCUT2D eigenvalue weighted by molar-refractivity contribution is 6.06. The smallest absolute Gasteiger partial charge is 0.185 e. The molecule has 0 saturated carbocycles. The molecule has 0 atom stereocenters. The van der Waals surface area contributed by atoms with Crippen molar-refractivity contribution in [3.05, 3.63) is 71.6 Å². The molecule has 1 aromatic heterocycles. The summed E-state index contributed by atoms with van der Waals surface area (Å²) in [5, 5.41) is 0. The van der Waals surface area contributed by atoms with E-state index < -0.39 is 0 Å². The first kappa shape index (κ1) is 17.2. The van der Waals surface area contributed by atoms with E-state index in [1.54, 1.807) is 6.08 Å². The van der Waals surface area contributed by atoms with Gasteiger partial charge in [0.2, 0.25) is 0 Å². The van der Waals surface area contributed by atoms with Gasteiger partial charge >= 0.3 is 0 Å². The van der Waals surface area contributed by atoms with Crippen LogP contribution < -0.4 is 0 Å². The summed E-state index contributed by atoms with van der Waals surface area (Å²) < 4.78 is 2.20. The fourth-order valence-corrected chi connectivity index (χ4v) is 2.81. The summed E-state index contributed by atoms with van der Waals surface area (Å²) in [5.41, 5.74) is 3.93. The Bertz CT molecular complexity index is 901. The fourth-order valence-electron chi connectivity index (χ4n) is 2.81.